The lowest BCUT2D eigenvalue weighted by molar-refractivity contribution is 0.318. The number of oxime groups is 1. The second kappa shape index (κ2) is 6.36. The maximum atomic E-state index is 8.92. The summed E-state index contributed by atoms with van der Waals surface area (Å²) in [5, 5.41) is 20.3. The quantitative estimate of drug-likeness (QED) is 0.366. The van der Waals surface area contributed by atoms with Crippen molar-refractivity contribution in [1.29, 1.82) is 0 Å². The van der Waals surface area contributed by atoms with Crippen LogP contribution in [0.3, 0.4) is 0 Å². The summed E-state index contributed by atoms with van der Waals surface area (Å²) in [6.07, 6.45) is 1.04. The van der Waals surface area contributed by atoms with E-state index < -0.39 is 0 Å². The smallest absolute Gasteiger partial charge is 0.174 e. The molecular formula is C13H23N5O. The molecule has 1 heterocycles. The maximum absolute atomic E-state index is 8.92. The lowest BCUT2D eigenvalue weighted by Crippen LogP contribution is -2.27. The van der Waals surface area contributed by atoms with Crippen molar-refractivity contribution in [1.82, 2.24) is 10.2 Å². The van der Waals surface area contributed by atoms with E-state index in [0.29, 0.717) is 17.3 Å². The molecule has 0 aliphatic heterocycles. The minimum absolute atomic E-state index is 0.0712. The first-order valence-corrected chi connectivity index (χ1v) is 6.41. The zero-order chi connectivity index (χ0) is 14.6. The summed E-state index contributed by atoms with van der Waals surface area (Å²) >= 11 is 0. The minimum Gasteiger partial charge on any atom is -0.409 e. The monoisotopic (exact) mass is 265 g/mol. The van der Waals surface area contributed by atoms with E-state index in [0.717, 1.165) is 24.2 Å². The molecule has 0 saturated carbocycles. The van der Waals surface area contributed by atoms with Crippen LogP contribution in [0, 0.1) is 19.8 Å². The molecule has 0 spiro atoms. The Balaban J connectivity index is 3.16. The molecule has 0 aromatic carbocycles. The van der Waals surface area contributed by atoms with Crippen molar-refractivity contribution in [2.24, 2.45) is 16.8 Å². The highest BCUT2D eigenvalue weighted by Crippen LogP contribution is 2.21. The molecule has 0 amide bonds. The highest BCUT2D eigenvalue weighted by Gasteiger charge is 2.18. The normalized spacial score (nSPS) is 12.0. The van der Waals surface area contributed by atoms with Gasteiger partial charge in [0.2, 0.25) is 0 Å². The second-order valence-electron chi connectivity index (χ2n) is 5.20. The summed E-state index contributed by atoms with van der Waals surface area (Å²) < 4.78 is 0. The third-order valence-corrected chi connectivity index (χ3v) is 3.20. The molecule has 106 valence electrons. The van der Waals surface area contributed by atoms with Gasteiger partial charge in [-0.25, -0.2) is 0 Å². The second-order valence-corrected chi connectivity index (χ2v) is 5.20. The summed E-state index contributed by atoms with van der Waals surface area (Å²) in [4.78, 5) is 1.99. The predicted octanol–water partition coefficient (Wildman–Crippen LogP) is 1.67. The molecule has 3 N–H and O–H groups in total. The largest absolute Gasteiger partial charge is 0.409 e. The highest BCUT2D eigenvalue weighted by molar-refractivity contribution is 6.02. The molecule has 0 atom stereocenters. The fraction of sp³-hybridized carbons (Fsp3) is 0.615. The molecule has 0 unspecified atom stereocenters. The van der Waals surface area contributed by atoms with Gasteiger partial charge in [-0.05, 0) is 31.7 Å². The third kappa shape index (κ3) is 3.56. The number of hydrogen-bond acceptors (Lipinski definition) is 5. The average molecular weight is 265 g/mol. The maximum Gasteiger partial charge on any atom is 0.174 e. The molecule has 1 aromatic rings. The lowest BCUT2D eigenvalue weighted by atomic mass is 10.1. The van der Waals surface area contributed by atoms with Crippen molar-refractivity contribution in [3.05, 3.63) is 16.8 Å². The average Bonchev–Trinajstić information content (AvgIpc) is 2.38. The Hall–Kier alpha value is -1.85. The van der Waals surface area contributed by atoms with E-state index >= 15 is 0 Å². The van der Waals surface area contributed by atoms with Crippen molar-refractivity contribution in [2.75, 3.05) is 18.5 Å². The van der Waals surface area contributed by atoms with Crippen LogP contribution in [0.15, 0.2) is 5.16 Å². The summed E-state index contributed by atoms with van der Waals surface area (Å²) in [6, 6.07) is 0. The van der Waals surface area contributed by atoms with Gasteiger partial charge < -0.3 is 15.8 Å². The fourth-order valence-electron chi connectivity index (χ4n) is 1.78. The van der Waals surface area contributed by atoms with Crippen LogP contribution in [-0.4, -0.2) is 34.8 Å². The Morgan fingerprint density at radius 3 is 2.53 bits per heavy atom. The molecule has 0 fully saturated rings. The number of rotatable bonds is 5. The van der Waals surface area contributed by atoms with Crippen molar-refractivity contribution in [2.45, 2.75) is 34.1 Å². The lowest BCUT2D eigenvalue weighted by Gasteiger charge is -2.22. The van der Waals surface area contributed by atoms with E-state index in [-0.39, 0.29) is 5.84 Å². The van der Waals surface area contributed by atoms with Crippen LogP contribution in [0.5, 0.6) is 0 Å². The number of anilines is 1. The first kappa shape index (κ1) is 15.2. The Bertz CT molecular complexity index is 470. The van der Waals surface area contributed by atoms with Crippen molar-refractivity contribution in [3.8, 4) is 0 Å². The molecule has 0 aliphatic carbocycles. The van der Waals surface area contributed by atoms with Crippen LogP contribution in [0.1, 0.15) is 37.1 Å². The van der Waals surface area contributed by atoms with Crippen LogP contribution < -0.4 is 10.6 Å². The van der Waals surface area contributed by atoms with Crippen LogP contribution in [0.4, 0.5) is 5.82 Å². The first-order valence-electron chi connectivity index (χ1n) is 6.41. The third-order valence-electron chi connectivity index (χ3n) is 3.20. The zero-order valence-electron chi connectivity index (χ0n) is 12.3. The van der Waals surface area contributed by atoms with Crippen LogP contribution in [0.25, 0.3) is 0 Å². The Morgan fingerprint density at radius 1 is 1.37 bits per heavy atom. The molecule has 0 saturated heterocycles. The summed E-state index contributed by atoms with van der Waals surface area (Å²) in [6.45, 7) is 8.95. The van der Waals surface area contributed by atoms with Crippen molar-refractivity contribution >= 4 is 11.7 Å². The van der Waals surface area contributed by atoms with E-state index in [1.807, 2.05) is 25.8 Å². The highest BCUT2D eigenvalue weighted by atomic mass is 16.4. The van der Waals surface area contributed by atoms with Gasteiger partial charge in [-0.3, -0.25) is 0 Å². The van der Waals surface area contributed by atoms with Gasteiger partial charge in [0.15, 0.2) is 11.7 Å². The van der Waals surface area contributed by atoms with Gasteiger partial charge in [-0.2, -0.15) is 5.10 Å². The van der Waals surface area contributed by atoms with E-state index in [9.17, 15) is 0 Å². The summed E-state index contributed by atoms with van der Waals surface area (Å²) in [5.41, 5.74) is 8.08. The molecule has 0 aliphatic rings. The standard InChI is InChI=1S/C13H23N5O/c1-8(2)6-7-18(5)13-11(12(14)17-19)9(3)10(4)15-16-13/h8,19H,6-7H2,1-5H3,(H2,14,17). The molecule has 1 aromatic heterocycles. The molecule has 0 radical (unpaired) electrons. The number of hydrogen-bond donors (Lipinski definition) is 2. The molecule has 6 nitrogen and oxygen atoms in total. The van der Waals surface area contributed by atoms with Gasteiger partial charge in [0, 0.05) is 13.6 Å². The number of amidine groups is 1. The van der Waals surface area contributed by atoms with Gasteiger partial charge >= 0.3 is 0 Å². The van der Waals surface area contributed by atoms with E-state index in [1.54, 1.807) is 0 Å². The van der Waals surface area contributed by atoms with Gasteiger partial charge in [-0.1, -0.05) is 19.0 Å². The Labute approximate surface area is 114 Å². The molecule has 0 bridgehead atoms. The minimum atomic E-state index is 0.0712. The van der Waals surface area contributed by atoms with Gasteiger partial charge in [0.1, 0.15) is 0 Å². The summed E-state index contributed by atoms with van der Waals surface area (Å²) in [5.74, 6) is 1.33. The van der Waals surface area contributed by atoms with Crippen LogP contribution >= 0.6 is 0 Å². The van der Waals surface area contributed by atoms with Crippen LogP contribution in [-0.2, 0) is 0 Å². The zero-order valence-corrected chi connectivity index (χ0v) is 12.3. The van der Waals surface area contributed by atoms with E-state index in [2.05, 4.69) is 29.2 Å². The number of nitrogens with two attached hydrogens (primary N) is 1. The molecule has 1 rings (SSSR count). The summed E-state index contributed by atoms with van der Waals surface area (Å²) in [7, 11) is 1.94. The molecular weight excluding hydrogens is 242 g/mol. The van der Waals surface area contributed by atoms with E-state index in [1.165, 1.54) is 0 Å². The molecule has 19 heavy (non-hydrogen) atoms. The number of aryl methyl sites for hydroxylation is 1. The SMILES string of the molecule is Cc1nnc(N(C)CCC(C)C)c(/C(N)=N/O)c1C. The van der Waals surface area contributed by atoms with Gasteiger partial charge in [0.05, 0.1) is 11.3 Å². The van der Waals surface area contributed by atoms with Crippen molar-refractivity contribution < 1.29 is 5.21 Å². The fourth-order valence-corrected chi connectivity index (χ4v) is 1.78. The number of nitrogens with zero attached hydrogens (tertiary/aromatic N) is 4. The topological polar surface area (TPSA) is 87.6 Å². The Morgan fingerprint density at radius 2 is 2.00 bits per heavy atom. The van der Waals surface area contributed by atoms with E-state index in [4.69, 9.17) is 10.9 Å². The van der Waals surface area contributed by atoms with Crippen LogP contribution in [0.2, 0.25) is 0 Å². The number of aromatic nitrogens is 2. The predicted molar refractivity (Wildman–Crippen MR) is 76.7 cm³/mol. The Kier molecular flexibility index (Phi) is 5.09. The van der Waals surface area contributed by atoms with Gasteiger partial charge in [-0.15, -0.1) is 5.10 Å². The molecule has 6 heteroatoms. The van der Waals surface area contributed by atoms with Crippen molar-refractivity contribution in [3.63, 3.8) is 0 Å². The van der Waals surface area contributed by atoms with Gasteiger partial charge in [0.25, 0.3) is 0 Å². The first-order chi connectivity index (χ1) is 8.88.